The number of carbonyl (C=O) groups is 1. The van der Waals surface area contributed by atoms with E-state index in [0.29, 0.717) is 6.61 Å². The molecule has 0 spiro atoms. The highest BCUT2D eigenvalue weighted by Gasteiger charge is 2.34. The fourth-order valence-electron chi connectivity index (χ4n) is 3.56. The second-order valence-electron chi connectivity index (χ2n) is 6.28. The van der Waals surface area contributed by atoms with Gasteiger partial charge in [0.2, 0.25) is 5.91 Å². The third-order valence-corrected chi connectivity index (χ3v) is 4.85. The van der Waals surface area contributed by atoms with Crippen molar-refractivity contribution in [3.63, 3.8) is 0 Å². The van der Waals surface area contributed by atoms with Gasteiger partial charge in [-0.05, 0) is 30.9 Å². The predicted octanol–water partition coefficient (Wildman–Crippen LogP) is 1.97. The maximum absolute atomic E-state index is 12.7. The summed E-state index contributed by atoms with van der Waals surface area (Å²) in [5.41, 5.74) is 7.33. The minimum atomic E-state index is -0.0842. The summed E-state index contributed by atoms with van der Waals surface area (Å²) >= 11 is 0. The Morgan fingerprint density at radius 2 is 2.05 bits per heavy atom. The van der Waals surface area contributed by atoms with Crippen molar-refractivity contribution in [2.24, 2.45) is 11.7 Å². The van der Waals surface area contributed by atoms with Crippen LogP contribution in [0.1, 0.15) is 31.2 Å². The molecule has 21 heavy (non-hydrogen) atoms. The molecule has 4 nitrogen and oxygen atoms in total. The van der Waals surface area contributed by atoms with Crippen LogP contribution < -0.4 is 10.5 Å². The first-order valence-corrected chi connectivity index (χ1v) is 7.90. The fraction of sp³-hybridized carbons (Fsp3) is 0.588. The van der Waals surface area contributed by atoms with Gasteiger partial charge in [-0.1, -0.05) is 31.0 Å². The van der Waals surface area contributed by atoms with Gasteiger partial charge in [-0.3, -0.25) is 4.79 Å². The number of hydrogen-bond donors (Lipinski definition) is 1. The van der Waals surface area contributed by atoms with Gasteiger partial charge in [-0.15, -0.1) is 0 Å². The number of nitrogens with zero attached hydrogens (tertiary/aromatic N) is 1. The van der Waals surface area contributed by atoms with E-state index >= 15 is 0 Å². The monoisotopic (exact) mass is 288 g/mol. The molecule has 1 aromatic rings. The normalized spacial score (nSPS) is 28.4. The lowest BCUT2D eigenvalue weighted by atomic mass is 9.88. The molecule has 2 aliphatic rings. The maximum Gasteiger partial charge on any atom is 0.229 e. The van der Waals surface area contributed by atoms with Crippen LogP contribution in [0.5, 0.6) is 5.75 Å². The van der Waals surface area contributed by atoms with Gasteiger partial charge in [0.05, 0.1) is 5.92 Å². The molecule has 3 atom stereocenters. The SMILES string of the molecule is CN(C(=O)C1COc2ccccc2C1)C1CCCCC1N. The second-order valence-corrected chi connectivity index (χ2v) is 6.28. The van der Waals surface area contributed by atoms with Gasteiger partial charge in [0.1, 0.15) is 12.4 Å². The molecule has 1 heterocycles. The van der Waals surface area contributed by atoms with Crippen LogP contribution in [0.4, 0.5) is 0 Å². The van der Waals surface area contributed by atoms with Crippen LogP contribution in [-0.4, -0.2) is 36.5 Å². The molecule has 1 aliphatic carbocycles. The van der Waals surface area contributed by atoms with Gasteiger partial charge in [-0.2, -0.15) is 0 Å². The lowest BCUT2D eigenvalue weighted by Crippen LogP contribution is -2.52. The van der Waals surface area contributed by atoms with Gasteiger partial charge < -0.3 is 15.4 Å². The van der Waals surface area contributed by atoms with Crippen LogP contribution >= 0.6 is 0 Å². The Bertz CT molecular complexity index is 517. The van der Waals surface area contributed by atoms with E-state index in [1.54, 1.807) is 0 Å². The highest BCUT2D eigenvalue weighted by atomic mass is 16.5. The van der Waals surface area contributed by atoms with Crippen molar-refractivity contribution in [1.82, 2.24) is 4.90 Å². The van der Waals surface area contributed by atoms with Crippen molar-refractivity contribution in [3.05, 3.63) is 29.8 Å². The van der Waals surface area contributed by atoms with E-state index in [9.17, 15) is 4.79 Å². The van der Waals surface area contributed by atoms with E-state index < -0.39 is 0 Å². The van der Waals surface area contributed by atoms with E-state index in [0.717, 1.165) is 30.6 Å². The highest BCUT2D eigenvalue weighted by Crippen LogP contribution is 2.29. The van der Waals surface area contributed by atoms with Gasteiger partial charge >= 0.3 is 0 Å². The average molecular weight is 288 g/mol. The largest absolute Gasteiger partial charge is 0.492 e. The van der Waals surface area contributed by atoms with Crippen LogP contribution in [-0.2, 0) is 11.2 Å². The lowest BCUT2D eigenvalue weighted by Gasteiger charge is -2.38. The van der Waals surface area contributed by atoms with Crippen LogP contribution in [0.3, 0.4) is 0 Å². The van der Waals surface area contributed by atoms with Crippen molar-refractivity contribution >= 4 is 5.91 Å². The van der Waals surface area contributed by atoms with Gasteiger partial charge in [0.25, 0.3) is 0 Å². The number of nitrogens with two attached hydrogens (primary N) is 1. The summed E-state index contributed by atoms with van der Waals surface area (Å²) in [7, 11) is 1.90. The van der Waals surface area contributed by atoms with E-state index in [4.69, 9.17) is 10.5 Å². The van der Waals surface area contributed by atoms with E-state index in [1.165, 1.54) is 12.8 Å². The molecule has 3 rings (SSSR count). The molecule has 0 aromatic heterocycles. The first-order chi connectivity index (χ1) is 10.2. The number of benzene rings is 1. The van der Waals surface area contributed by atoms with Gasteiger partial charge in [-0.25, -0.2) is 0 Å². The smallest absolute Gasteiger partial charge is 0.229 e. The number of fused-ring (bicyclic) bond motifs is 1. The van der Waals surface area contributed by atoms with Crippen molar-refractivity contribution < 1.29 is 9.53 Å². The molecule has 4 heteroatoms. The molecule has 1 aliphatic heterocycles. The molecular formula is C17H24N2O2. The summed E-state index contributed by atoms with van der Waals surface area (Å²) in [6, 6.07) is 8.27. The number of hydrogen-bond acceptors (Lipinski definition) is 3. The zero-order valence-corrected chi connectivity index (χ0v) is 12.6. The Hall–Kier alpha value is -1.55. The lowest BCUT2D eigenvalue weighted by molar-refractivity contribution is -0.138. The van der Waals surface area contributed by atoms with Crippen LogP contribution in [0.15, 0.2) is 24.3 Å². The Balaban J connectivity index is 1.68. The van der Waals surface area contributed by atoms with Crippen molar-refractivity contribution in [2.45, 2.75) is 44.2 Å². The Kier molecular flexibility index (Phi) is 4.15. The van der Waals surface area contributed by atoms with Crippen molar-refractivity contribution in [1.29, 1.82) is 0 Å². The quantitative estimate of drug-likeness (QED) is 0.905. The summed E-state index contributed by atoms with van der Waals surface area (Å²) in [4.78, 5) is 14.6. The minimum Gasteiger partial charge on any atom is -0.492 e. The van der Waals surface area contributed by atoms with Gasteiger partial charge in [0, 0.05) is 19.1 Å². The Labute approximate surface area is 126 Å². The molecule has 114 valence electrons. The average Bonchev–Trinajstić information content (AvgIpc) is 2.53. The van der Waals surface area contributed by atoms with Crippen LogP contribution in [0.25, 0.3) is 0 Å². The Morgan fingerprint density at radius 1 is 1.29 bits per heavy atom. The summed E-state index contributed by atoms with van der Waals surface area (Å²) in [5, 5.41) is 0. The highest BCUT2D eigenvalue weighted by molar-refractivity contribution is 5.80. The number of para-hydroxylation sites is 1. The molecule has 1 amide bonds. The Morgan fingerprint density at radius 3 is 2.86 bits per heavy atom. The molecule has 0 bridgehead atoms. The summed E-state index contributed by atoms with van der Waals surface area (Å²) in [5.74, 6) is 1.00. The van der Waals surface area contributed by atoms with E-state index in [2.05, 4.69) is 0 Å². The molecule has 1 fully saturated rings. The molecule has 1 saturated carbocycles. The molecule has 2 N–H and O–H groups in total. The molecule has 1 aromatic carbocycles. The first kappa shape index (κ1) is 14.4. The number of amides is 1. The van der Waals surface area contributed by atoms with Crippen LogP contribution in [0.2, 0.25) is 0 Å². The zero-order chi connectivity index (χ0) is 14.8. The standard InChI is InChI=1S/C17H24N2O2/c1-19(15-8-4-3-7-14(15)18)17(20)13-10-12-6-2-5-9-16(12)21-11-13/h2,5-6,9,13-15H,3-4,7-8,10-11,18H2,1H3. The number of ether oxygens (including phenoxy) is 1. The fourth-order valence-corrected chi connectivity index (χ4v) is 3.56. The number of rotatable bonds is 2. The molecule has 0 radical (unpaired) electrons. The molecular weight excluding hydrogens is 264 g/mol. The zero-order valence-electron chi connectivity index (χ0n) is 12.6. The van der Waals surface area contributed by atoms with E-state index in [-0.39, 0.29) is 23.9 Å². The topological polar surface area (TPSA) is 55.6 Å². The number of carbonyl (C=O) groups excluding carboxylic acids is 1. The third kappa shape index (κ3) is 2.91. The predicted molar refractivity (Wildman–Crippen MR) is 82.1 cm³/mol. The summed E-state index contributed by atoms with van der Waals surface area (Å²) in [6.45, 7) is 0.474. The maximum atomic E-state index is 12.7. The summed E-state index contributed by atoms with van der Waals surface area (Å²) < 4.78 is 5.74. The van der Waals surface area contributed by atoms with Crippen LogP contribution in [0, 0.1) is 5.92 Å². The first-order valence-electron chi connectivity index (χ1n) is 7.90. The van der Waals surface area contributed by atoms with Crippen molar-refractivity contribution in [3.8, 4) is 5.75 Å². The molecule has 3 unspecified atom stereocenters. The minimum absolute atomic E-state index is 0.0842. The summed E-state index contributed by atoms with van der Waals surface area (Å²) in [6.07, 6.45) is 5.15. The third-order valence-electron chi connectivity index (χ3n) is 4.85. The molecule has 0 saturated heterocycles. The van der Waals surface area contributed by atoms with Gasteiger partial charge in [0.15, 0.2) is 0 Å². The number of likely N-dealkylation sites (N-methyl/N-ethyl adjacent to an activating group) is 1. The second kappa shape index (κ2) is 6.06. The van der Waals surface area contributed by atoms with E-state index in [1.807, 2.05) is 36.2 Å². The van der Waals surface area contributed by atoms with Crippen molar-refractivity contribution in [2.75, 3.05) is 13.7 Å².